The fourth-order valence-electron chi connectivity index (χ4n) is 2.43. The lowest BCUT2D eigenvalue weighted by Gasteiger charge is -2.22. The summed E-state index contributed by atoms with van der Waals surface area (Å²) in [6.07, 6.45) is 1.53. The Bertz CT molecular complexity index is 730. The van der Waals surface area contributed by atoms with E-state index in [0.717, 1.165) is 11.3 Å². The largest absolute Gasteiger partial charge is 0.324 e. The van der Waals surface area contributed by atoms with E-state index in [0.29, 0.717) is 17.3 Å². The van der Waals surface area contributed by atoms with Crippen LogP contribution in [0.5, 0.6) is 0 Å². The maximum absolute atomic E-state index is 12.6. The van der Waals surface area contributed by atoms with Gasteiger partial charge < -0.3 is 10.2 Å². The van der Waals surface area contributed by atoms with Gasteiger partial charge in [0, 0.05) is 17.6 Å². The molecular weight excluding hydrogens is 312 g/mol. The Hall–Kier alpha value is -2.28. The number of hydrogen-bond acceptors (Lipinski definition) is 4. The molecule has 1 aliphatic rings. The Kier molecular flexibility index (Phi) is 4.38. The molecule has 3 rings (SSSR count). The molecule has 2 amide bonds. The number of benzene rings is 1. The molecule has 1 aromatic carbocycles. The number of aryl methyl sites for hydroxylation is 2. The molecule has 7 heteroatoms. The SMILES string of the molecule is Cc1ccc(NC(=O)[C@H]2CSCN2C(=O)c2ccn[nH]2)cc1C. The van der Waals surface area contributed by atoms with Crippen LogP contribution in [0.15, 0.2) is 30.5 Å². The summed E-state index contributed by atoms with van der Waals surface area (Å²) in [6.45, 7) is 4.03. The van der Waals surface area contributed by atoms with Gasteiger partial charge in [-0.2, -0.15) is 5.10 Å². The first-order chi connectivity index (χ1) is 11.1. The molecule has 1 fully saturated rings. The molecule has 2 aromatic rings. The summed E-state index contributed by atoms with van der Waals surface area (Å²) in [7, 11) is 0. The number of H-pyrrole nitrogens is 1. The fourth-order valence-corrected chi connectivity index (χ4v) is 3.59. The molecule has 0 unspecified atom stereocenters. The first-order valence-corrected chi connectivity index (χ1v) is 8.48. The maximum atomic E-state index is 12.6. The van der Waals surface area contributed by atoms with Crippen LogP contribution < -0.4 is 5.32 Å². The second-order valence-electron chi connectivity index (χ2n) is 5.55. The number of carbonyl (C=O) groups is 2. The third kappa shape index (κ3) is 3.24. The van der Waals surface area contributed by atoms with Crippen LogP contribution in [-0.2, 0) is 4.79 Å². The Morgan fingerprint density at radius 3 is 2.83 bits per heavy atom. The first-order valence-electron chi connectivity index (χ1n) is 7.32. The molecule has 23 heavy (non-hydrogen) atoms. The highest BCUT2D eigenvalue weighted by molar-refractivity contribution is 7.99. The highest BCUT2D eigenvalue weighted by atomic mass is 32.2. The van der Waals surface area contributed by atoms with E-state index in [1.807, 2.05) is 32.0 Å². The lowest BCUT2D eigenvalue weighted by molar-refractivity contribution is -0.119. The quantitative estimate of drug-likeness (QED) is 0.904. The van der Waals surface area contributed by atoms with Gasteiger partial charge in [-0.25, -0.2) is 0 Å². The zero-order valence-electron chi connectivity index (χ0n) is 13.0. The number of nitrogens with zero attached hydrogens (tertiary/aromatic N) is 2. The molecule has 1 aromatic heterocycles. The zero-order chi connectivity index (χ0) is 16.4. The second kappa shape index (κ2) is 6.45. The van der Waals surface area contributed by atoms with Gasteiger partial charge in [0.05, 0.1) is 5.88 Å². The Morgan fingerprint density at radius 1 is 1.30 bits per heavy atom. The van der Waals surface area contributed by atoms with Gasteiger partial charge in [0.25, 0.3) is 5.91 Å². The van der Waals surface area contributed by atoms with Crippen molar-refractivity contribution >= 4 is 29.3 Å². The van der Waals surface area contributed by atoms with E-state index in [-0.39, 0.29) is 11.8 Å². The van der Waals surface area contributed by atoms with Gasteiger partial charge in [-0.15, -0.1) is 11.8 Å². The predicted molar refractivity (Wildman–Crippen MR) is 90.4 cm³/mol. The molecule has 2 heterocycles. The average molecular weight is 330 g/mol. The maximum Gasteiger partial charge on any atom is 0.273 e. The molecular formula is C16H18N4O2S. The van der Waals surface area contributed by atoms with Crippen molar-refractivity contribution in [2.45, 2.75) is 19.9 Å². The number of amides is 2. The number of rotatable bonds is 3. The van der Waals surface area contributed by atoms with Gasteiger partial charge in [0.2, 0.25) is 5.91 Å². The Morgan fingerprint density at radius 2 is 2.13 bits per heavy atom. The lowest BCUT2D eigenvalue weighted by atomic mass is 10.1. The van der Waals surface area contributed by atoms with Crippen molar-refractivity contribution in [1.29, 1.82) is 0 Å². The molecule has 1 saturated heterocycles. The van der Waals surface area contributed by atoms with Crippen LogP contribution in [0.3, 0.4) is 0 Å². The van der Waals surface area contributed by atoms with Crippen molar-refractivity contribution in [2.75, 3.05) is 16.9 Å². The molecule has 2 N–H and O–H groups in total. The van der Waals surface area contributed by atoms with Crippen LogP contribution in [0.25, 0.3) is 0 Å². The molecule has 1 atom stereocenters. The van der Waals surface area contributed by atoms with Gasteiger partial charge in [0.15, 0.2) is 0 Å². The minimum Gasteiger partial charge on any atom is -0.324 e. The van der Waals surface area contributed by atoms with Crippen LogP contribution in [0.4, 0.5) is 5.69 Å². The minimum absolute atomic E-state index is 0.161. The van der Waals surface area contributed by atoms with E-state index >= 15 is 0 Å². The molecule has 0 spiro atoms. The number of aromatic amines is 1. The van der Waals surface area contributed by atoms with E-state index in [9.17, 15) is 9.59 Å². The van der Waals surface area contributed by atoms with Gasteiger partial charge in [-0.3, -0.25) is 14.7 Å². The fraction of sp³-hybridized carbons (Fsp3) is 0.312. The molecule has 0 aliphatic carbocycles. The normalized spacial score (nSPS) is 17.3. The summed E-state index contributed by atoms with van der Waals surface area (Å²) in [4.78, 5) is 26.6. The summed E-state index contributed by atoms with van der Waals surface area (Å²) < 4.78 is 0. The van der Waals surface area contributed by atoms with Crippen LogP contribution in [0.2, 0.25) is 0 Å². The van der Waals surface area contributed by atoms with E-state index in [1.54, 1.807) is 22.7 Å². The molecule has 1 aliphatic heterocycles. The number of anilines is 1. The first kappa shape index (κ1) is 15.6. The summed E-state index contributed by atoms with van der Waals surface area (Å²) >= 11 is 1.57. The number of thioether (sulfide) groups is 1. The number of hydrogen-bond donors (Lipinski definition) is 2. The Labute approximate surface area is 138 Å². The minimum atomic E-state index is -0.475. The summed E-state index contributed by atoms with van der Waals surface area (Å²) in [6, 6.07) is 6.93. The standard InChI is InChI=1S/C16H18N4O2S/c1-10-3-4-12(7-11(10)2)18-15(21)14-8-23-9-20(14)16(22)13-5-6-17-19-13/h3-7,14H,8-9H2,1-2H3,(H,17,19)(H,18,21)/t14-/m1/s1. The molecule has 120 valence electrons. The zero-order valence-corrected chi connectivity index (χ0v) is 13.8. The number of aromatic nitrogens is 2. The van der Waals surface area contributed by atoms with Crippen molar-refractivity contribution < 1.29 is 9.59 Å². The molecule has 0 radical (unpaired) electrons. The molecule has 0 saturated carbocycles. The summed E-state index contributed by atoms with van der Waals surface area (Å²) in [5.74, 6) is 0.734. The van der Waals surface area contributed by atoms with Gasteiger partial charge in [-0.05, 0) is 43.2 Å². The number of nitrogens with one attached hydrogen (secondary N) is 2. The van der Waals surface area contributed by atoms with Gasteiger partial charge >= 0.3 is 0 Å². The van der Waals surface area contributed by atoms with Gasteiger partial charge in [-0.1, -0.05) is 6.07 Å². The van der Waals surface area contributed by atoms with E-state index < -0.39 is 6.04 Å². The van der Waals surface area contributed by atoms with E-state index in [4.69, 9.17) is 0 Å². The highest BCUT2D eigenvalue weighted by Crippen LogP contribution is 2.24. The lowest BCUT2D eigenvalue weighted by Crippen LogP contribution is -2.44. The van der Waals surface area contributed by atoms with Crippen LogP contribution in [0, 0.1) is 13.8 Å². The summed E-state index contributed by atoms with van der Waals surface area (Å²) in [5, 5.41) is 9.35. The van der Waals surface area contributed by atoms with Crippen LogP contribution in [0.1, 0.15) is 21.6 Å². The highest BCUT2D eigenvalue weighted by Gasteiger charge is 2.35. The predicted octanol–water partition coefficient (Wildman–Crippen LogP) is 2.18. The smallest absolute Gasteiger partial charge is 0.273 e. The van der Waals surface area contributed by atoms with Crippen LogP contribution in [-0.4, -0.2) is 44.6 Å². The van der Waals surface area contributed by atoms with Crippen molar-refractivity contribution in [3.63, 3.8) is 0 Å². The van der Waals surface area contributed by atoms with Crippen molar-refractivity contribution in [2.24, 2.45) is 0 Å². The Balaban J connectivity index is 1.73. The third-order valence-corrected chi connectivity index (χ3v) is 4.96. The second-order valence-corrected chi connectivity index (χ2v) is 6.55. The topological polar surface area (TPSA) is 78.1 Å². The monoisotopic (exact) mass is 330 g/mol. The van der Waals surface area contributed by atoms with E-state index in [1.165, 1.54) is 11.8 Å². The molecule has 6 nitrogen and oxygen atoms in total. The van der Waals surface area contributed by atoms with E-state index in [2.05, 4.69) is 15.5 Å². The molecule has 0 bridgehead atoms. The van der Waals surface area contributed by atoms with Gasteiger partial charge in [0.1, 0.15) is 11.7 Å². The third-order valence-electron chi connectivity index (χ3n) is 3.95. The average Bonchev–Trinajstić information content (AvgIpc) is 3.21. The summed E-state index contributed by atoms with van der Waals surface area (Å²) in [5.41, 5.74) is 3.45. The number of carbonyl (C=O) groups excluding carboxylic acids is 2. The van der Waals surface area contributed by atoms with Crippen molar-refractivity contribution in [1.82, 2.24) is 15.1 Å². The van der Waals surface area contributed by atoms with Crippen LogP contribution >= 0.6 is 11.8 Å². The van der Waals surface area contributed by atoms with Crippen molar-refractivity contribution in [3.8, 4) is 0 Å². The van der Waals surface area contributed by atoms with Crippen molar-refractivity contribution in [3.05, 3.63) is 47.3 Å².